The average Bonchev–Trinajstić information content (AvgIpc) is 3.88. The highest BCUT2D eigenvalue weighted by Crippen LogP contribution is 2.31. The van der Waals surface area contributed by atoms with Gasteiger partial charge in [0.15, 0.2) is 5.69 Å². The van der Waals surface area contributed by atoms with E-state index in [0.717, 1.165) is 18.4 Å². The highest BCUT2D eigenvalue weighted by atomic mass is 32.1. The highest BCUT2D eigenvalue weighted by Gasteiger charge is 2.43. The zero-order valence-electron chi connectivity index (χ0n) is 35.6. The molecule has 0 saturated carbocycles. The number of carboxylic acid groups (broad SMARTS) is 1. The van der Waals surface area contributed by atoms with E-state index in [2.05, 4.69) is 20.9 Å². The van der Waals surface area contributed by atoms with Crippen LogP contribution in [0.5, 0.6) is 0 Å². The number of amides is 4. The summed E-state index contributed by atoms with van der Waals surface area (Å²) in [5.74, 6) is -3.00. The number of aromatic carboxylic acids is 1. The van der Waals surface area contributed by atoms with Gasteiger partial charge in [-0.3, -0.25) is 19.2 Å². The largest absolute Gasteiger partial charge is 0.476 e. The molecule has 318 valence electrons. The first kappa shape index (κ1) is 47.5. The number of hydrogen-bond acceptors (Lipinski definition) is 10. The number of carbonyl (C=O) groups is 5. The summed E-state index contributed by atoms with van der Waals surface area (Å²) in [7, 11) is 6.53. The molecule has 0 spiro atoms. The summed E-state index contributed by atoms with van der Waals surface area (Å²) in [6.45, 7) is 14.0. The molecule has 3 rings (SSSR count). The van der Waals surface area contributed by atoms with Crippen LogP contribution in [0.2, 0.25) is 0 Å². The lowest BCUT2D eigenvalue weighted by molar-refractivity contribution is -0.147. The number of nitrogens with one attached hydrogen (secondary N) is 3. The van der Waals surface area contributed by atoms with E-state index in [0.29, 0.717) is 24.4 Å². The molecule has 1 aromatic carbocycles. The van der Waals surface area contributed by atoms with Gasteiger partial charge in [-0.15, -0.1) is 11.3 Å². The Bertz CT molecular complexity index is 1620. The maximum absolute atomic E-state index is 14.3. The van der Waals surface area contributed by atoms with Gasteiger partial charge in [-0.25, -0.2) is 9.78 Å². The number of carbonyl (C=O) groups excluding carboxylic acids is 4. The number of carboxylic acids is 1. The molecule has 1 saturated heterocycles. The van der Waals surface area contributed by atoms with Crippen molar-refractivity contribution < 1.29 is 38.6 Å². The molecular formula is C42H66N6O8S. The van der Waals surface area contributed by atoms with Crippen LogP contribution in [-0.4, -0.2) is 121 Å². The van der Waals surface area contributed by atoms with Crippen LogP contribution in [0.15, 0.2) is 35.7 Å². The van der Waals surface area contributed by atoms with E-state index in [-0.39, 0.29) is 53.5 Å². The number of thiazole rings is 1. The van der Waals surface area contributed by atoms with Crippen LogP contribution < -0.4 is 16.0 Å². The first-order valence-corrected chi connectivity index (χ1v) is 21.0. The third-order valence-electron chi connectivity index (χ3n) is 11.4. The van der Waals surface area contributed by atoms with Gasteiger partial charge in [0.2, 0.25) is 23.6 Å². The van der Waals surface area contributed by atoms with Crippen molar-refractivity contribution in [3.8, 4) is 0 Å². The Hall–Kier alpha value is -3.92. The van der Waals surface area contributed by atoms with Gasteiger partial charge in [-0.05, 0) is 49.6 Å². The standard InChI is InChI=1S/C42H66N6O8S/c1-12-26(6)36(47(9)41(52)35(25(4)5)46-39(51)34(43-8)24(2)3)32(55-10)22-33(49)48-20-16-19-31(48)37(56-11)27(7)38(50)44-29(21-28-17-14-13-15-18-28)40-45-30(23-57-40)42(53)54/h13-15,17-18,23-27,29,31-32,34-37,43H,12,16,19-22H2,1-11H3,(H,44,50)(H,46,51)(H,53,54). The number of likely N-dealkylation sites (tertiary alicyclic amines) is 1. The van der Waals surface area contributed by atoms with E-state index in [1.54, 1.807) is 37.9 Å². The van der Waals surface area contributed by atoms with E-state index in [4.69, 9.17) is 9.47 Å². The third kappa shape index (κ3) is 12.3. The normalized spacial score (nSPS) is 18.6. The molecule has 1 aromatic heterocycles. The zero-order valence-corrected chi connectivity index (χ0v) is 36.4. The Morgan fingerprint density at radius 1 is 0.965 bits per heavy atom. The van der Waals surface area contributed by atoms with E-state index in [1.165, 1.54) is 23.8 Å². The molecule has 4 amide bonds. The predicted molar refractivity (Wildman–Crippen MR) is 221 cm³/mol. The van der Waals surface area contributed by atoms with Crippen LogP contribution >= 0.6 is 11.3 Å². The molecule has 0 bridgehead atoms. The lowest BCUT2D eigenvalue weighted by Gasteiger charge is -2.41. The molecule has 9 unspecified atom stereocenters. The number of likely N-dealkylation sites (N-methyl/N-ethyl adjacent to an activating group) is 2. The Labute approximate surface area is 342 Å². The predicted octanol–water partition coefficient (Wildman–Crippen LogP) is 4.55. The number of hydrogen-bond donors (Lipinski definition) is 4. The Morgan fingerprint density at radius 2 is 1.61 bits per heavy atom. The molecule has 2 aromatic rings. The summed E-state index contributed by atoms with van der Waals surface area (Å²) >= 11 is 1.18. The van der Waals surface area contributed by atoms with Gasteiger partial charge in [0.25, 0.3) is 0 Å². The van der Waals surface area contributed by atoms with Gasteiger partial charge >= 0.3 is 5.97 Å². The molecule has 15 heteroatoms. The second kappa shape index (κ2) is 22.3. The summed E-state index contributed by atoms with van der Waals surface area (Å²) in [6.07, 6.45) is 1.19. The SMILES string of the molecule is CCC(C)C(C(CC(=O)N1CCCC1C(OC)C(C)C(=O)NC(Cc1ccccc1)c1nc(C(=O)O)cs1)OC)N(C)C(=O)C(NC(=O)C(NC)C(C)C)C(C)C. The highest BCUT2D eigenvalue weighted by molar-refractivity contribution is 7.09. The number of methoxy groups -OCH3 is 2. The summed E-state index contributed by atoms with van der Waals surface area (Å²) in [6, 6.07) is 6.89. The fourth-order valence-electron chi connectivity index (χ4n) is 7.95. The van der Waals surface area contributed by atoms with Gasteiger partial charge in [-0.2, -0.15) is 0 Å². The van der Waals surface area contributed by atoms with Crippen LogP contribution in [0.1, 0.15) is 101 Å². The zero-order chi connectivity index (χ0) is 42.6. The van der Waals surface area contributed by atoms with Crippen molar-refractivity contribution in [2.24, 2.45) is 23.7 Å². The van der Waals surface area contributed by atoms with Crippen LogP contribution in [-0.2, 0) is 35.1 Å². The average molecular weight is 815 g/mol. The molecule has 4 N–H and O–H groups in total. The maximum Gasteiger partial charge on any atom is 0.355 e. The number of benzene rings is 1. The van der Waals surface area contributed by atoms with Gasteiger partial charge in [0.1, 0.15) is 11.0 Å². The molecule has 14 nitrogen and oxygen atoms in total. The fourth-order valence-corrected chi connectivity index (χ4v) is 8.79. The summed E-state index contributed by atoms with van der Waals surface area (Å²) in [5.41, 5.74) is 0.869. The molecule has 0 aliphatic carbocycles. The van der Waals surface area contributed by atoms with E-state index in [1.807, 2.05) is 71.9 Å². The molecule has 57 heavy (non-hydrogen) atoms. The fraction of sp³-hybridized carbons (Fsp3) is 0.667. The minimum Gasteiger partial charge on any atom is -0.476 e. The number of nitrogens with zero attached hydrogens (tertiary/aromatic N) is 3. The first-order valence-electron chi connectivity index (χ1n) is 20.1. The summed E-state index contributed by atoms with van der Waals surface area (Å²) < 4.78 is 12.0. The van der Waals surface area contributed by atoms with Gasteiger partial charge in [0.05, 0.1) is 48.7 Å². The van der Waals surface area contributed by atoms with Crippen LogP contribution in [0.3, 0.4) is 0 Å². The lowest BCUT2D eigenvalue weighted by Crippen LogP contribution is -2.59. The lowest BCUT2D eigenvalue weighted by atomic mass is 9.89. The number of ether oxygens (including phenoxy) is 2. The van der Waals surface area contributed by atoms with Crippen molar-refractivity contribution >= 4 is 40.9 Å². The van der Waals surface area contributed by atoms with Gasteiger partial charge < -0.3 is 40.3 Å². The molecule has 1 aliphatic heterocycles. The maximum atomic E-state index is 14.3. The molecule has 9 atom stereocenters. The topological polar surface area (TPSA) is 180 Å². The number of aromatic nitrogens is 1. The van der Waals surface area contributed by atoms with E-state index >= 15 is 0 Å². The van der Waals surface area contributed by atoms with Crippen molar-refractivity contribution in [1.29, 1.82) is 0 Å². The van der Waals surface area contributed by atoms with Crippen molar-refractivity contribution in [1.82, 2.24) is 30.7 Å². The molecule has 2 heterocycles. The van der Waals surface area contributed by atoms with Crippen molar-refractivity contribution in [3.05, 3.63) is 52.0 Å². The van der Waals surface area contributed by atoms with Crippen LogP contribution in [0.4, 0.5) is 0 Å². The minimum atomic E-state index is -1.14. The van der Waals surface area contributed by atoms with Crippen molar-refractivity contribution in [2.45, 2.75) is 123 Å². The Kier molecular flexibility index (Phi) is 18.6. The Morgan fingerprint density at radius 3 is 2.14 bits per heavy atom. The van der Waals surface area contributed by atoms with E-state index in [9.17, 15) is 29.1 Å². The van der Waals surface area contributed by atoms with Crippen LogP contribution in [0.25, 0.3) is 0 Å². The third-order valence-corrected chi connectivity index (χ3v) is 12.3. The summed E-state index contributed by atoms with van der Waals surface area (Å²) in [5, 5.41) is 20.6. The second-order valence-corrected chi connectivity index (χ2v) is 16.8. The van der Waals surface area contributed by atoms with Gasteiger partial charge in [0, 0.05) is 33.2 Å². The Balaban J connectivity index is 1.81. The molecule has 1 aliphatic rings. The monoisotopic (exact) mass is 814 g/mol. The van der Waals surface area contributed by atoms with Crippen LogP contribution in [0, 0.1) is 23.7 Å². The van der Waals surface area contributed by atoms with Gasteiger partial charge in [-0.1, -0.05) is 85.2 Å². The van der Waals surface area contributed by atoms with Crippen molar-refractivity contribution in [3.63, 3.8) is 0 Å². The second-order valence-electron chi connectivity index (χ2n) is 16.0. The van der Waals surface area contributed by atoms with Crippen molar-refractivity contribution in [2.75, 3.05) is 34.9 Å². The van der Waals surface area contributed by atoms with E-state index < -0.39 is 54.3 Å². The molecular weight excluding hydrogens is 749 g/mol. The quantitative estimate of drug-likeness (QED) is 0.132. The number of rotatable bonds is 22. The molecule has 0 radical (unpaired) electrons. The minimum absolute atomic E-state index is 0.000368. The molecule has 1 fully saturated rings. The first-order chi connectivity index (χ1) is 27.0. The smallest absolute Gasteiger partial charge is 0.355 e. The summed E-state index contributed by atoms with van der Waals surface area (Å²) in [4.78, 5) is 75.1.